The highest BCUT2D eigenvalue weighted by Crippen LogP contribution is 2.41. The Labute approximate surface area is 178 Å². The van der Waals surface area contributed by atoms with Crippen molar-refractivity contribution in [3.63, 3.8) is 0 Å². The number of nitrogens with zero attached hydrogens (tertiary/aromatic N) is 2. The Morgan fingerprint density at radius 2 is 1.63 bits per heavy atom. The summed E-state index contributed by atoms with van der Waals surface area (Å²) in [5, 5.41) is 0.0250. The highest BCUT2D eigenvalue weighted by molar-refractivity contribution is 6.60. The summed E-state index contributed by atoms with van der Waals surface area (Å²) >= 11 is 6.23. The third-order valence-corrected chi connectivity index (χ3v) is 5.85. The normalized spacial score (nSPS) is 17.1. The molecular formula is C24H18BClF2N2. The number of aryl methyl sites for hydroxylation is 1. The van der Waals surface area contributed by atoms with Crippen LogP contribution in [-0.2, 0) is 0 Å². The molecule has 6 heteroatoms. The number of hydrogen-bond donors (Lipinski definition) is 0. The molecule has 2 nitrogen and oxygen atoms in total. The summed E-state index contributed by atoms with van der Waals surface area (Å²) in [5.41, 5.74) is 5.02. The fourth-order valence-electron chi connectivity index (χ4n) is 4.10. The number of halogens is 3. The smallest absolute Gasteiger partial charge is 0.389 e. The maximum atomic E-state index is 15.7. The standard InChI is InChI=1S/C24H18BClF2N2/c1-17-7-10-19(11-8-17)24-21-14-13-20(12-9-18-5-3-2-4-6-18)29(21)25(27,28)30-22(24)15-16-23(30)26/h2-16H,1H3/b12-9+. The van der Waals surface area contributed by atoms with E-state index in [2.05, 4.69) is 0 Å². The van der Waals surface area contributed by atoms with E-state index < -0.39 is 6.97 Å². The predicted octanol–water partition coefficient (Wildman–Crippen LogP) is 6.18. The molecule has 0 amide bonds. The topological polar surface area (TPSA) is 7.94 Å². The van der Waals surface area contributed by atoms with Crippen LogP contribution in [0, 0.1) is 6.92 Å². The molecule has 2 aliphatic heterocycles. The molecule has 3 heterocycles. The Kier molecular flexibility index (Phi) is 4.37. The Morgan fingerprint density at radius 1 is 0.900 bits per heavy atom. The zero-order chi connectivity index (χ0) is 20.9. The maximum absolute atomic E-state index is 15.7. The molecule has 0 radical (unpaired) electrons. The molecule has 0 saturated heterocycles. The molecule has 1 aromatic heterocycles. The van der Waals surface area contributed by atoms with Crippen molar-refractivity contribution >= 4 is 35.9 Å². The van der Waals surface area contributed by atoms with Crippen LogP contribution >= 0.6 is 11.6 Å². The van der Waals surface area contributed by atoms with Gasteiger partial charge in [0.2, 0.25) is 0 Å². The average molecular weight is 419 g/mol. The molecule has 30 heavy (non-hydrogen) atoms. The molecule has 0 fully saturated rings. The summed E-state index contributed by atoms with van der Waals surface area (Å²) in [7, 11) is 0. The van der Waals surface area contributed by atoms with Gasteiger partial charge in [0.25, 0.3) is 0 Å². The minimum absolute atomic E-state index is 0.0250. The molecule has 3 aromatic rings. The van der Waals surface area contributed by atoms with Gasteiger partial charge in [-0.3, -0.25) is 0 Å². The molecule has 0 spiro atoms. The maximum Gasteiger partial charge on any atom is 0.738 e. The van der Waals surface area contributed by atoms with Crippen LogP contribution in [0.1, 0.15) is 22.4 Å². The van der Waals surface area contributed by atoms with E-state index in [1.807, 2.05) is 67.6 Å². The first-order chi connectivity index (χ1) is 14.5. The van der Waals surface area contributed by atoms with Crippen LogP contribution in [0.2, 0.25) is 5.15 Å². The molecule has 0 aliphatic carbocycles. The predicted molar refractivity (Wildman–Crippen MR) is 120 cm³/mol. The van der Waals surface area contributed by atoms with Crippen molar-refractivity contribution in [1.82, 2.24) is 4.48 Å². The fourth-order valence-corrected chi connectivity index (χ4v) is 4.37. The van der Waals surface area contributed by atoms with Crippen LogP contribution in [0.25, 0.3) is 11.6 Å². The Bertz CT molecular complexity index is 1270. The summed E-state index contributed by atoms with van der Waals surface area (Å²) in [6.45, 7) is -2.13. The monoisotopic (exact) mass is 418 g/mol. The number of benzene rings is 2. The van der Waals surface area contributed by atoms with Gasteiger partial charge in [0, 0.05) is 23.9 Å². The first-order valence-corrected chi connectivity index (χ1v) is 10.1. The van der Waals surface area contributed by atoms with E-state index in [1.54, 1.807) is 24.3 Å². The lowest BCUT2D eigenvalue weighted by Gasteiger charge is -2.32. The van der Waals surface area contributed by atoms with Gasteiger partial charge in [0.1, 0.15) is 0 Å². The summed E-state index contributed by atoms with van der Waals surface area (Å²) in [5.74, 6) is 0. The Balaban J connectivity index is 1.75. The van der Waals surface area contributed by atoms with E-state index >= 15 is 8.63 Å². The van der Waals surface area contributed by atoms with Gasteiger partial charge in [-0.15, -0.1) is 0 Å². The lowest BCUT2D eigenvalue weighted by atomic mass is 9.86. The van der Waals surface area contributed by atoms with Crippen molar-refractivity contribution in [3.05, 3.63) is 118 Å². The number of rotatable bonds is 3. The van der Waals surface area contributed by atoms with E-state index in [0.29, 0.717) is 17.1 Å². The lowest BCUT2D eigenvalue weighted by molar-refractivity contribution is -0.360. The summed E-state index contributed by atoms with van der Waals surface area (Å²) in [6.07, 6.45) is 7.07. The third kappa shape index (κ3) is 2.89. The van der Waals surface area contributed by atoms with E-state index in [4.69, 9.17) is 11.6 Å². The third-order valence-electron chi connectivity index (χ3n) is 5.54. The van der Waals surface area contributed by atoms with Crippen molar-refractivity contribution in [1.29, 1.82) is 0 Å². The second-order valence-electron chi connectivity index (χ2n) is 7.50. The minimum atomic E-state index is -4.13. The van der Waals surface area contributed by atoms with Crippen LogP contribution in [0.5, 0.6) is 0 Å². The van der Waals surface area contributed by atoms with Gasteiger partial charge in [-0.25, -0.2) is 0 Å². The Hall–Kier alpha value is -3.18. The summed E-state index contributed by atoms with van der Waals surface area (Å²) in [4.78, 5) is 0. The van der Waals surface area contributed by atoms with Crippen molar-refractivity contribution in [3.8, 4) is 0 Å². The van der Waals surface area contributed by atoms with Crippen molar-refractivity contribution < 1.29 is 13.1 Å². The van der Waals surface area contributed by atoms with Crippen molar-refractivity contribution in [2.75, 3.05) is 0 Å². The number of hydrogen-bond acceptors (Lipinski definition) is 0. The first-order valence-electron chi connectivity index (χ1n) is 9.75. The molecule has 0 atom stereocenters. The summed E-state index contributed by atoms with van der Waals surface area (Å²) < 4.78 is 33.5. The van der Waals surface area contributed by atoms with E-state index in [9.17, 15) is 0 Å². The highest BCUT2D eigenvalue weighted by Gasteiger charge is 2.54. The van der Waals surface area contributed by atoms with E-state index in [0.717, 1.165) is 31.2 Å². The van der Waals surface area contributed by atoms with Gasteiger partial charge in [0.05, 0.1) is 10.7 Å². The van der Waals surface area contributed by atoms with Gasteiger partial charge in [-0.2, -0.15) is 0 Å². The molecule has 0 saturated carbocycles. The highest BCUT2D eigenvalue weighted by atomic mass is 35.5. The van der Waals surface area contributed by atoms with Crippen molar-refractivity contribution in [2.45, 2.75) is 6.92 Å². The van der Waals surface area contributed by atoms with Gasteiger partial charge in [0.15, 0.2) is 11.4 Å². The van der Waals surface area contributed by atoms with Gasteiger partial charge < -0.3 is 17.6 Å². The molecule has 0 N–H and O–H groups in total. The lowest BCUT2D eigenvalue weighted by Crippen LogP contribution is -2.50. The average Bonchev–Trinajstić information content (AvgIpc) is 3.34. The molecule has 5 rings (SSSR count). The quantitative estimate of drug-likeness (QED) is 0.449. The van der Waals surface area contributed by atoms with E-state index in [-0.39, 0.29) is 5.15 Å². The minimum Gasteiger partial charge on any atom is -0.389 e. The van der Waals surface area contributed by atoms with Gasteiger partial charge in [-0.05, 0) is 36.3 Å². The molecule has 0 bridgehead atoms. The number of fused-ring (bicyclic) bond motifs is 2. The van der Waals surface area contributed by atoms with Gasteiger partial charge in [-0.1, -0.05) is 71.8 Å². The van der Waals surface area contributed by atoms with Crippen LogP contribution < -0.4 is 0 Å². The molecule has 2 aromatic carbocycles. The van der Waals surface area contributed by atoms with Crippen LogP contribution in [0.3, 0.4) is 0 Å². The molecule has 0 unspecified atom stereocenters. The van der Waals surface area contributed by atoms with Crippen LogP contribution in [0.15, 0.2) is 90.7 Å². The molecular weight excluding hydrogens is 401 g/mol. The van der Waals surface area contributed by atoms with Gasteiger partial charge >= 0.3 is 6.97 Å². The molecule has 148 valence electrons. The second-order valence-corrected chi connectivity index (χ2v) is 7.89. The zero-order valence-electron chi connectivity index (χ0n) is 16.3. The first kappa shape index (κ1) is 18.8. The number of aromatic nitrogens is 1. The second kappa shape index (κ2) is 6.96. The largest absolute Gasteiger partial charge is 0.738 e. The Morgan fingerprint density at radius 3 is 2.37 bits per heavy atom. The number of allylic oxidation sites excluding steroid dienone is 3. The molecule has 2 aliphatic rings. The fraction of sp³-hybridized carbons (Fsp3) is 0.0417. The summed E-state index contributed by atoms with van der Waals surface area (Å²) in [6, 6.07) is 20.7. The van der Waals surface area contributed by atoms with Crippen molar-refractivity contribution in [2.24, 2.45) is 0 Å². The van der Waals surface area contributed by atoms with E-state index in [1.165, 1.54) is 6.07 Å². The van der Waals surface area contributed by atoms with Crippen LogP contribution in [-0.4, -0.2) is 21.6 Å². The van der Waals surface area contributed by atoms with Crippen LogP contribution in [0.4, 0.5) is 8.63 Å². The zero-order valence-corrected chi connectivity index (χ0v) is 17.0. The SMILES string of the molecule is Cc1ccc(C2=C3C=CC(/C=C/c4ccccc4)=[N+]3[B-](F)(F)n3c(Cl)ccc32)cc1.